The Balaban J connectivity index is 1.64. The first-order valence-corrected chi connectivity index (χ1v) is 11.5. The molecule has 4 aromatic rings. The molecule has 6 rings (SSSR count). The van der Waals surface area contributed by atoms with Gasteiger partial charge in [-0.3, -0.25) is 0 Å². The van der Waals surface area contributed by atoms with Gasteiger partial charge >= 0.3 is 5.97 Å². The van der Waals surface area contributed by atoms with Gasteiger partial charge in [0, 0.05) is 28.0 Å². The maximum atomic E-state index is 12.5. The minimum atomic E-state index is -1.03. The van der Waals surface area contributed by atoms with Crippen LogP contribution < -0.4 is 14.2 Å². The summed E-state index contributed by atoms with van der Waals surface area (Å²) < 4.78 is 24.2. The van der Waals surface area contributed by atoms with Gasteiger partial charge in [0.1, 0.15) is 23.0 Å². The molecule has 2 aliphatic rings. The number of benzene rings is 4. The lowest BCUT2D eigenvalue weighted by Crippen LogP contribution is -2.33. The highest BCUT2D eigenvalue weighted by molar-refractivity contribution is 5.98. The molecular weight excluding hydrogens is 428 g/mol. The van der Waals surface area contributed by atoms with E-state index in [0.717, 1.165) is 49.7 Å². The molecule has 5 nitrogen and oxygen atoms in total. The van der Waals surface area contributed by atoms with E-state index < -0.39 is 5.60 Å². The van der Waals surface area contributed by atoms with Crippen LogP contribution in [0.2, 0.25) is 0 Å². The van der Waals surface area contributed by atoms with Crippen molar-refractivity contribution in [1.29, 1.82) is 0 Å². The summed E-state index contributed by atoms with van der Waals surface area (Å²) in [6.07, 6.45) is 1.57. The molecule has 0 fully saturated rings. The quantitative estimate of drug-likeness (QED) is 0.325. The Labute approximate surface area is 197 Å². The van der Waals surface area contributed by atoms with Gasteiger partial charge < -0.3 is 18.9 Å². The summed E-state index contributed by atoms with van der Waals surface area (Å²) in [5, 5.41) is 3.86. The molecule has 0 unspecified atom stereocenters. The predicted molar refractivity (Wildman–Crippen MR) is 131 cm³/mol. The third kappa shape index (κ3) is 2.83. The second-order valence-corrected chi connectivity index (χ2v) is 8.55. The van der Waals surface area contributed by atoms with E-state index >= 15 is 0 Å². The first kappa shape index (κ1) is 20.6. The van der Waals surface area contributed by atoms with Crippen LogP contribution in [0.5, 0.6) is 23.0 Å². The van der Waals surface area contributed by atoms with Crippen molar-refractivity contribution in [2.75, 3.05) is 13.2 Å². The molecule has 4 aromatic carbocycles. The second kappa shape index (κ2) is 7.52. The van der Waals surface area contributed by atoms with Crippen molar-refractivity contribution in [3.8, 4) is 23.0 Å². The zero-order valence-corrected chi connectivity index (χ0v) is 19.3. The van der Waals surface area contributed by atoms with Gasteiger partial charge in [0.15, 0.2) is 5.60 Å². The van der Waals surface area contributed by atoms with Crippen LogP contribution in [0, 0.1) is 0 Å². The normalized spacial score (nSPS) is 15.5. The summed E-state index contributed by atoms with van der Waals surface area (Å²) in [4.78, 5) is 12.5. The molecule has 2 aliphatic heterocycles. The Hall–Kier alpha value is -3.99. The summed E-state index contributed by atoms with van der Waals surface area (Å²) in [6, 6.07) is 20.0. The van der Waals surface area contributed by atoms with Crippen molar-refractivity contribution < 1.29 is 23.7 Å². The van der Waals surface area contributed by atoms with Gasteiger partial charge in [0.2, 0.25) is 0 Å². The molecule has 5 heteroatoms. The number of fused-ring (bicyclic) bond motifs is 8. The fourth-order valence-corrected chi connectivity index (χ4v) is 5.17. The molecule has 0 saturated carbocycles. The van der Waals surface area contributed by atoms with Crippen LogP contribution in [0.3, 0.4) is 0 Å². The molecule has 0 saturated heterocycles. The smallest absolute Gasteiger partial charge is 0.332 e. The number of ether oxygens (including phenoxy) is 4. The third-order valence-electron chi connectivity index (χ3n) is 6.61. The number of esters is 1. The second-order valence-electron chi connectivity index (χ2n) is 8.55. The Morgan fingerprint density at radius 3 is 1.74 bits per heavy atom. The number of carbonyl (C=O) groups excluding carboxylic acids is 1. The molecule has 0 bridgehead atoms. The van der Waals surface area contributed by atoms with Crippen molar-refractivity contribution in [2.24, 2.45) is 0 Å². The Morgan fingerprint density at radius 2 is 1.29 bits per heavy atom. The monoisotopic (exact) mass is 452 g/mol. The molecule has 0 atom stereocenters. The van der Waals surface area contributed by atoms with Gasteiger partial charge in [-0.05, 0) is 85.6 Å². The first-order valence-electron chi connectivity index (χ1n) is 11.5. The van der Waals surface area contributed by atoms with Gasteiger partial charge in [0.25, 0.3) is 0 Å². The van der Waals surface area contributed by atoms with Crippen LogP contribution in [-0.2, 0) is 15.1 Å². The van der Waals surface area contributed by atoms with E-state index in [0.29, 0.717) is 24.7 Å². The van der Waals surface area contributed by atoms with Crippen molar-refractivity contribution in [1.82, 2.24) is 0 Å². The minimum absolute atomic E-state index is 0.352. The largest absolute Gasteiger partial charge is 0.494 e. The summed E-state index contributed by atoms with van der Waals surface area (Å²) in [6.45, 7) is 7.06. The van der Waals surface area contributed by atoms with Crippen molar-refractivity contribution in [3.05, 3.63) is 83.4 Å². The van der Waals surface area contributed by atoms with E-state index in [9.17, 15) is 4.79 Å². The number of carbonyl (C=O) groups is 1. The summed E-state index contributed by atoms with van der Waals surface area (Å²) in [7, 11) is 0. The Morgan fingerprint density at radius 1 is 0.765 bits per heavy atom. The fraction of sp³-hybridized carbons (Fsp3) is 0.207. The lowest BCUT2D eigenvalue weighted by molar-refractivity contribution is -0.144. The molecular formula is C29H24O5. The maximum Gasteiger partial charge on any atom is 0.332 e. The number of hydrogen-bond donors (Lipinski definition) is 0. The van der Waals surface area contributed by atoms with Crippen LogP contribution >= 0.6 is 0 Å². The highest BCUT2D eigenvalue weighted by atomic mass is 16.6. The van der Waals surface area contributed by atoms with Gasteiger partial charge in [-0.25, -0.2) is 4.79 Å². The van der Waals surface area contributed by atoms with Gasteiger partial charge in [-0.2, -0.15) is 0 Å². The van der Waals surface area contributed by atoms with E-state index in [4.69, 9.17) is 18.9 Å². The topological polar surface area (TPSA) is 54.0 Å². The van der Waals surface area contributed by atoms with Crippen molar-refractivity contribution in [2.45, 2.75) is 26.4 Å². The summed E-state index contributed by atoms with van der Waals surface area (Å²) >= 11 is 0. The zero-order valence-electron chi connectivity index (χ0n) is 19.3. The van der Waals surface area contributed by atoms with E-state index in [1.165, 1.54) is 0 Å². The Kier molecular flexibility index (Phi) is 4.56. The fourth-order valence-electron chi connectivity index (χ4n) is 5.17. The first-order chi connectivity index (χ1) is 16.5. The molecule has 0 aliphatic carbocycles. The van der Waals surface area contributed by atoms with E-state index in [2.05, 4.69) is 0 Å². The lowest BCUT2D eigenvalue weighted by Gasteiger charge is -2.38. The van der Waals surface area contributed by atoms with Gasteiger partial charge in [0.05, 0.1) is 13.2 Å². The maximum absolute atomic E-state index is 12.5. The van der Waals surface area contributed by atoms with Crippen molar-refractivity contribution in [3.63, 3.8) is 0 Å². The standard InChI is InChI=1S/C29H24O5/c1-4-31-20-8-10-22-18(15-20)6-12-24-27(22)33-28-23-11-9-21(32-5-2)16-19(23)7-13-25(28)29(24)17(3)14-26(30)34-29/h6-16H,4-5H2,1-3H3. The van der Waals surface area contributed by atoms with Crippen LogP contribution in [0.4, 0.5) is 0 Å². The summed E-state index contributed by atoms with van der Waals surface area (Å²) in [5.74, 6) is 2.64. The zero-order chi connectivity index (χ0) is 23.4. The number of hydrogen-bond acceptors (Lipinski definition) is 5. The van der Waals surface area contributed by atoms with Crippen LogP contribution in [-0.4, -0.2) is 19.2 Å². The highest BCUT2D eigenvalue weighted by Crippen LogP contribution is 2.57. The lowest BCUT2D eigenvalue weighted by atomic mass is 9.77. The van der Waals surface area contributed by atoms with Crippen LogP contribution in [0.25, 0.3) is 21.5 Å². The van der Waals surface area contributed by atoms with Gasteiger partial charge in [-0.15, -0.1) is 0 Å². The molecule has 0 aromatic heterocycles. The van der Waals surface area contributed by atoms with E-state index in [1.807, 2.05) is 81.4 Å². The molecule has 0 radical (unpaired) electrons. The van der Waals surface area contributed by atoms with Crippen molar-refractivity contribution >= 4 is 27.5 Å². The van der Waals surface area contributed by atoms with E-state index in [1.54, 1.807) is 6.08 Å². The number of rotatable bonds is 4. The highest BCUT2D eigenvalue weighted by Gasteiger charge is 2.51. The average Bonchev–Trinajstić information content (AvgIpc) is 3.13. The third-order valence-corrected chi connectivity index (χ3v) is 6.61. The van der Waals surface area contributed by atoms with E-state index in [-0.39, 0.29) is 5.97 Å². The average molecular weight is 453 g/mol. The van der Waals surface area contributed by atoms with Crippen LogP contribution in [0.1, 0.15) is 31.9 Å². The summed E-state index contributed by atoms with van der Waals surface area (Å²) in [5.41, 5.74) is 1.45. The Bertz CT molecular complexity index is 1420. The molecule has 1 spiro atoms. The van der Waals surface area contributed by atoms with Crippen LogP contribution in [0.15, 0.2) is 72.3 Å². The molecule has 34 heavy (non-hydrogen) atoms. The minimum Gasteiger partial charge on any atom is -0.494 e. The molecule has 0 amide bonds. The molecule has 0 N–H and O–H groups in total. The SMILES string of the molecule is CCOc1ccc2c3c(ccc2c1)C1(OC(=O)C=C1C)c1ccc2cc(OCC)ccc2c1O3. The predicted octanol–water partition coefficient (Wildman–Crippen LogP) is 6.64. The molecule has 2 heterocycles. The van der Waals surface area contributed by atoms with Gasteiger partial charge in [-0.1, -0.05) is 12.1 Å². The molecule has 170 valence electrons.